The van der Waals surface area contributed by atoms with Crippen molar-refractivity contribution in [3.8, 4) is 0 Å². The molecule has 0 saturated carbocycles. The van der Waals surface area contributed by atoms with E-state index in [4.69, 9.17) is 12.9 Å². The van der Waals surface area contributed by atoms with Gasteiger partial charge in [-0.25, -0.2) is 12.9 Å². The molecule has 1 aliphatic rings. The number of rotatable bonds is 11. The van der Waals surface area contributed by atoms with E-state index >= 15 is 0 Å². The molecule has 10 heteroatoms. The van der Waals surface area contributed by atoms with Gasteiger partial charge in [0.2, 0.25) is 0 Å². The summed E-state index contributed by atoms with van der Waals surface area (Å²) in [5.74, 6) is 0. The zero-order valence-electron chi connectivity index (χ0n) is 17.9. The molecular formula is C17H38NO6P3. The van der Waals surface area contributed by atoms with Gasteiger partial charge in [-0.15, -0.1) is 0 Å². The number of hydrogen-bond acceptors (Lipinski definition) is 7. The van der Waals surface area contributed by atoms with Gasteiger partial charge in [-0.2, -0.15) is 0 Å². The Kier molecular flexibility index (Phi) is 9.97. The predicted octanol–water partition coefficient (Wildman–Crippen LogP) is 6.74. The van der Waals surface area contributed by atoms with Gasteiger partial charge in [0, 0.05) is 12.1 Å². The van der Waals surface area contributed by atoms with Gasteiger partial charge in [0.15, 0.2) is 0 Å². The standard InChI is InChI=1S/C17H38NO6P3/c1-8-12-25(19)22-26(20,13-9-2)24-27(21,23-25)17(10-3)14-16(7)18(11-4)15(5)6/h15-17H,8-14H2,1-7H3. The first kappa shape index (κ1) is 25.6. The van der Waals surface area contributed by atoms with Crippen LogP contribution >= 0.6 is 22.8 Å². The highest BCUT2D eigenvalue weighted by molar-refractivity contribution is 7.80. The molecule has 4 atom stereocenters. The number of hydrogen-bond donors (Lipinski definition) is 0. The van der Waals surface area contributed by atoms with Gasteiger partial charge in [0.25, 0.3) is 0 Å². The van der Waals surface area contributed by atoms with Crippen molar-refractivity contribution in [1.82, 2.24) is 4.90 Å². The van der Waals surface area contributed by atoms with Crippen LogP contribution in [0.25, 0.3) is 0 Å². The third-order valence-corrected chi connectivity index (χ3v) is 14.1. The van der Waals surface area contributed by atoms with Crippen molar-refractivity contribution >= 4 is 22.8 Å². The first-order valence-electron chi connectivity index (χ1n) is 10.2. The summed E-state index contributed by atoms with van der Waals surface area (Å²) in [6, 6.07) is 0.481. The summed E-state index contributed by atoms with van der Waals surface area (Å²) in [5, 5.41) is 0. The van der Waals surface area contributed by atoms with E-state index in [0.717, 1.165) is 6.54 Å². The fraction of sp³-hybridized carbons (Fsp3) is 1.00. The summed E-state index contributed by atoms with van der Waals surface area (Å²) >= 11 is 0. The second-order valence-electron chi connectivity index (χ2n) is 7.52. The molecule has 0 aromatic carbocycles. The van der Waals surface area contributed by atoms with Crippen LogP contribution in [0.2, 0.25) is 0 Å². The van der Waals surface area contributed by atoms with Crippen LogP contribution in [-0.4, -0.2) is 41.5 Å². The van der Waals surface area contributed by atoms with Crippen LogP contribution in [0.4, 0.5) is 0 Å². The fourth-order valence-corrected chi connectivity index (χ4v) is 13.6. The minimum Gasteiger partial charge on any atom is -0.299 e. The van der Waals surface area contributed by atoms with Gasteiger partial charge < -0.3 is 0 Å². The first-order valence-corrected chi connectivity index (χ1v) is 15.2. The Morgan fingerprint density at radius 1 is 0.815 bits per heavy atom. The quantitative estimate of drug-likeness (QED) is 0.326. The van der Waals surface area contributed by atoms with E-state index in [1.807, 2.05) is 20.8 Å². The van der Waals surface area contributed by atoms with Gasteiger partial charge >= 0.3 is 22.8 Å². The minimum absolute atomic E-state index is 0.0904. The van der Waals surface area contributed by atoms with Crippen LogP contribution in [-0.2, 0) is 26.6 Å². The van der Waals surface area contributed by atoms with Crippen molar-refractivity contribution in [1.29, 1.82) is 0 Å². The molecular weight excluding hydrogens is 407 g/mol. The van der Waals surface area contributed by atoms with Crippen LogP contribution < -0.4 is 0 Å². The maximum atomic E-state index is 13.7. The Morgan fingerprint density at radius 3 is 1.63 bits per heavy atom. The lowest BCUT2D eigenvalue weighted by atomic mass is 10.1. The maximum absolute atomic E-state index is 13.7. The summed E-state index contributed by atoms with van der Waals surface area (Å²) in [6.07, 6.45) is 2.30. The maximum Gasteiger partial charge on any atom is 0.348 e. The lowest BCUT2D eigenvalue weighted by Gasteiger charge is -2.39. The van der Waals surface area contributed by atoms with Gasteiger partial charge in [0.1, 0.15) is 0 Å². The van der Waals surface area contributed by atoms with Crippen LogP contribution in [0, 0.1) is 0 Å². The molecule has 1 heterocycles. The monoisotopic (exact) mass is 445 g/mol. The molecule has 1 fully saturated rings. The van der Waals surface area contributed by atoms with Gasteiger partial charge in [-0.1, -0.05) is 27.7 Å². The van der Waals surface area contributed by atoms with Crippen LogP contribution in [0.15, 0.2) is 0 Å². The summed E-state index contributed by atoms with van der Waals surface area (Å²) in [7, 11) is -11.3. The van der Waals surface area contributed by atoms with E-state index in [2.05, 4.69) is 32.6 Å². The van der Waals surface area contributed by atoms with Crippen molar-refractivity contribution < 1.29 is 26.6 Å². The molecule has 1 rings (SSSR count). The van der Waals surface area contributed by atoms with Crippen molar-refractivity contribution in [2.75, 3.05) is 18.9 Å². The molecule has 0 amide bonds. The molecule has 4 unspecified atom stereocenters. The third-order valence-electron chi connectivity index (χ3n) is 4.85. The van der Waals surface area contributed by atoms with E-state index in [-0.39, 0.29) is 18.4 Å². The normalized spacial score (nSPS) is 34.1. The molecule has 27 heavy (non-hydrogen) atoms. The molecule has 0 radical (unpaired) electrons. The average molecular weight is 445 g/mol. The second-order valence-corrected chi connectivity index (χ2v) is 14.6. The van der Waals surface area contributed by atoms with Crippen molar-refractivity contribution in [2.24, 2.45) is 0 Å². The van der Waals surface area contributed by atoms with Gasteiger partial charge in [0.05, 0.1) is 18.0 Å². The molecule has 7 nitrogen and oxygen atoms in total. The lowest BCUT2D eigenvalue weighted by molar-refractivity contribution is 0.160. The van der Waals surface area contributed by atoms with Crippen molar-refractivity contribution in [3.63, 3.8) is 0 Å². The van der Waals surface area contributed by atoms with E-state index in [1.165, 1.54) is 0 Å². The van der Waals surface area contributed by atoms with E-state index in [0.29, 0.717) is 31.7 Å². The molecule has 0 N–H and O–H groups in total. The van der Waals surface area contributed by atoms with Crippen LogP contribution in [0.3, 0.4) is 0 Å². The smallest absolute Gasteiger partial charge is 0.299 e. The predicted molar refractivity (Wildman–Crippen MR) is 112 cm³/mol. The van der Waals surface area contributed by atoms with Gasteiger partial charge in [-0.3, -0.25) is 18.6 Å². The summed E-state index contributed by atoms with van der Waals surface area (Å²) < 4.78 is 56.2. The zero-order chi connectivity index (χ0) is 20.9. The molecule has 0 aromatic heterocycles. The Labute approximate surface area is 165 Å². The average Bonchev–Trinajstić information content (AvgIpc) is 2.51. The van der Waals surface area contributed by atoms with Crippen LogP contribution in [0.1, 0.15) is 74.1 Å². The Balaban J connectivity index is 3.17. The van der Waals surface area contributed by atoms with Crippen molar-refractivity contribution in [2.45, 2.75) is 91.9 Å². The third kappa shape index (κ3) is 6.78. The topological polar surface area (TPSA) is 82.1 Å². The Hall–Kier alpha value is 0.530. The van der Waals surface area contributed by atoms with Gasteiger partial charge in [-0.05, 0) is 53.0 Å². The SMILES string of the molecule is CCCP1(=O)OP(=O)(CCC)OP(=O)(C(CC)CC(C)N(CC)C(C)C)O1. The first-order chi connectivity index (χ1) is 12.5. The zero-order valence-corrected chi connectivity index (χ0v) is 20.6. The summed E-state index contributed by atoms with van der Waals surface area (Å²) in [6.45, 7) is 14.8. The minimum atomic E-state index is -3.84. The molecule has 0 aliphatic carbocycles. The molecule has 1 saturated heterocycles. The Morgan fingerprint density at radius 2 is 1.30 bits per heavy atom. The highest BCUT2D eigenvalue weighted by Crippen LogP contribution is 2.84. The molecule has 0 aromatic rings. The van der Waals surface area contributed by atoms with E-state index < -0.39 is 28.4 Å². The van der Waals surface area contributed by atoms with E-state index in [9.17, 15) is 13.7 Å². The summed E-state index contributed by atoms with van der Waals surface area (Å²) in [5.41, 5.74) is -0.473. The Bertz CT molecular complexity index is 579. The number of nitrogens with zero attached hydrogens (tertiary/aromatic N) is 1. The molecule has 1 aliphatic heterocycles. The second kappa shape index (κ2) is 10.5. The largest absolute Gasteiger partial charge is 0.348 e. The highest BCUT2D eigenvalue weighted by atomic mass is 31.3. The lowest BCUT2D eigenvalue weighted by Crippen LogP contribution is -2.40. The van der Waals surface area contributed by atoms with Crippen molar-refractivity contribution in [3.05, 3.63) is 0 Å². The highest BCUT2D eigenvalue weighted by Gasteiger charge is 2.54. The molecule has 0 bridgehead atoms. The van der Waals surface area contributed by atoms with Crippen LogP contribution in [0.5, 0.6) is 0 Å². The summed E-state index contributed by atoms with van der Waals surface area (Å²) in [4.78, 5) is 2.30. The molecule has 0 spiro atoms. The fourth-order valence-electron chi connectivity index (χ4n) is 3.66. The van der Waals surface area contributed by atoms with E-state index in [1.54, 1.807) is 0 Å². The molecule has 162 valence electrons.